The quantitative estimate of drug-likeness (QED) is 0.466. The zero-order valence-corrected chi connectivity index (χ0v) is 9.02. The summed E-state index contributed by atoms with van der Waals surface area (Å²) in [4.78, 5) is 24.5. The molecule has 1 heterocycles. The molecule has 3 N–H and O–H groups in total. The summed E-state index contributed by atoms with van der Waals surface area (Å²) in [6.07, 6.45) is 1.68. The van der Waals surface area contributed by atoms with Crippen LogP contribution in [0.2, 0.25) is 0 Å². The van der Waals surface area contributed by atoms with Gasteiger partial charge in [0.25, 0.3) is 0 Å². The second kappa shape index (κ2) is 6.15. The molecular formula is C9H13N3O2S. The fourth-order valence-electron chi connectivity index (χ4n) is 0.945. The van der Waals surface area contributed by atoms with Gasteiger partial charge in [0, 0.05) is 17.6 Å². The van der Waals surface area contributed by atoms with Gasteiger partial charge in [0.2, 0.25) is 5.91 Å². The molecule has 6 heteroatoms. The molecule has 0 atom stereocenters. The molecule has 0 aliphatic rings. The first kappa shape index (κ1) is 11.7. The summed E-state index contributed by atoms with van der Waals surface area (Å²) in [6.45, 7) is 4.73. The van der Waals surface area contributed by atoms with Gasteiger partial charge in [-0.3, -0.25) is 9.59 Å². The monoisotopic (exact) mass is 227 g/mol. The molecule has 0 fully saturated rings. The molecule has 5 nitrogen and oxygen atoms in total. The van der Waals surface area contributed by atoms with Crippen molar-refractivity contribution in [3.63, 3.8) is 0 Å². The Morgan fingerprint density at radius 2 is 2.47 bits per heavy atom. The van der Waals surface area contributed by atoms with E-state index in [9.17, 15) is 9.59 Å². The van der Waals surface area contributed by atoms with Crippen molar-refractivity contribution in [2.75, 3.05) is 13.1 Å². The topological polar surface area (TPSA) is 74.0 Å². The fourth-order valence-corrected chi connectivity index (χ4v) is 1.53. The van der Waals surface area contributed by atoms with Gasteiger partial charge in [-0.05, 0) is 0 Å². The van der Waals surface area contributed by atoms with Crippen LogP contribution in [-0.2, 0) is 11.3 Å². The fraction of sp³-hybridized carbons (Fsp3) is 0.333. The largest absolute Gasteiger partial charge is 0.349 e. The third-order valence-electron chi connectivity index (χ3n) is 1.62. The van der Waals surface area contributed by atoms with E-state index in [0.29, 0.717) is 13.1 Å². The Labute approximate surface area is 91.2 Å². The zero-order valence-electron chi connectivity index (χ0n) is 8.21. The Morgan fingerprint density at radius 1 is 1.67 bits per heavy atom. The Hall–Kier alpha value is -1.40. The lowest BCUT2D eigenvalue weighted by Crippen LogP contribution is -2.33. The Bertz CT molecular complexity index is 383. The summed E-state index contributed by atoms with van der Waals surface area (Å²) in [5.74, 6) is -0.108. The highest BCUT2D eigenvalue weighted by Crippen LogP contribution is 1.93. The van der Waals surface area contributed by atoms with Crippen molar-refractivity contribution in [3.8, 4) is 0 Å². The molecule has 15 heavy (non-hydrogen) atoms. The lowest BCUT2D eigenvalue weighted by Gasteiger charge is -2.03. The summed E-state index contributed by atoms with van der Waals surface area (Å²) in [5, 5.41) is 7.24. The van der Waals surface area contributed by atoms with Crippen LogP contribution in [0.1, 0.15) is 5.69 Å². The summed E-state index contributed by atoms with van der Waals surface area (Å²) in [7, 11) is 0. The van der Waals surface area contributed by atoms with Crippen LogP contribution in [0.15, 0.2) is 22.8 Å². The van der Waals surface area contributed by atoms with Gasteiger partial charge >= 0.3 is 4.87 Å². The smallest absolute Gasteiger partial charge is 0.304 e. The van der Waals surface area contributed by atoms with Crippen molar-refractivity contribution in [2.45, 2.75) is 6.54 Å². The van der Waals surface area contributed by atoms with E-state index < -0.39 is 0 Å². The van der Waals surface area contributed by atoms with E-state index in [1.165, 1.54) is 0 Å². The zero-order chi connectivity index (χ0) is 11.1. The molecular weight excluding hydrogens is 214 g/mol. The van der Waals surface area contributed by atoms with Crippen molar-refractivity contribution in [3.05, 3.63) is 33.4 Å². The number of rotatable bonds is 6. The number of nitrogens with one attached hydrogen (secondary N) is 3. The Balaban J connectivity index is 2.22. The van der Waals surface area contributed by atoms with Gasteiger partial charge in [-0.25, -0.2) is 0 Å². The van der Waals surface area contributed by atoms with E-state index in [-0.39, 0.29) is 17.3 Å². The summed E-state index contributed by atoms with van der Waals surface area (Å²) in [5.41, 5.74) is 0.724. The van der Waals surface area contributed by atoms with Crippen molar-refractivity contribution < 1.29 is 4.79 Å². The van der Waals surface area contributed by atoms with Gasteiger partial charge in [-0.2, -0.15) is 0 Å². The highest BCUT2D eigenvalue weighted by molar-refractivity contribution is 7.07. The number of aromatic amines is 1. The van der Waals surface area contributed by atoms with Crippen LogP contribution in [-0.4, -0.2) is 24.0 Å². The molecule has 0 saturated carbocycles. The summed E-state index contributed by atoms with van der Waals surface area (Å²) < 4.78 is 0. The number of carbonyl (C=O) groups is 1. The SMILES string of the molecule is C=CCNCC(=O)NCc1csc(=O)[nH]1. The van der Waals surface area contributed by atoms with Crippen molar-refractivity contribution in [2.24, 2.45) is 0 Å². The first-order valence-corrected chi connectivity index (χ1v) is 5.35. The average molecular weight is 227 g/mol. The minimum absolute atomic E-state index is 0.107. The molecule has 0 spiro atoms. The molecule has 82 valence electrons. The van der Waals surface area contributed by atoms with Crippen molar-refractivity contribution in [1.29, 1.82) is 0 Å². The normalized spacial score (nSPS) is 9.87. The third-order valence-corrected chi connectivity index (χ3v) is 2.34. The second-order valence-electron chi connectivity index (χ2n) is 2.87. The molecule has 1 aromatic rings. The summed E-state index contributed by atoms with van der Waals surface area (Å²) in [6, 6.07) is 0. The lowest BCUT2D eigenvalue weighted by atomic mass is 10.4. The molecule has 0 unspecified atom stereocenters. The maximum Gasteiger partial charge on any atom is 0.304 e. The molecule has 0 saturated heterocycles. The number of aromatic nitrogens is 1. The highest BCUT2D eigenvalue weighted by atomic mass is 32.1. The van der Waals surface area contributed by atoms with E-state index in [4.69, 9.17) is 0 Å². The van der Waals surface area contributed by atoms with Gasteiger partial charge in [0.1, 0.15) is 0 Å². The minimum Gasteiger partial charge on any atom is -0.349 e. The number of H-pyrrole nitrogens is 1. The number of carbonyl (C=O) groups excluding carboxylic acids is 1. The third kappa shape index (κ3) is 4.57. The Kier molecular flexibility index (Phi) is 4.79. The van der Waals surface area contributed by atoms with Crippen LogP contribution in [0.3, 0.4) is 0 Å². The predicted octanol–water partition coefficient (Wildman–Crippen LogP) is -0.172. The van der Waals surface area contributed by atoms with Gasteiger partial charge in [0.15, 0.2) is 0 Å². The maximum absolute atomic E-state index is 11.2. The van der Waals surface area contributed by atoms with Gasteiger partial charge in [0.05, 0.1) is 13.1 Å². The van der Waals surface area contributed by atoms with E-state index in [0.717, 1.165) is 17.0 Å². The van der Waals surface area contributed by atoms with Gasteiger partial charge in [-0.15, -0.1) is 6.58 Å². The molecule has 0 aliphatic heterocycles. The second-order valence-corrected chi connectivity index (χ2v) is 3.71. The van der Waals surface area contributed by atoms with Crippen LogP contribution in [0.5, 0.6) is 0 Å². The Morgan fingerprint density at radius 3 is 3.07 bits per heavy atom. The molecule has 1 amide bonds. The number of thiazole rings is 1. The maximum atomic E-state index is 11.2. The lowest BCUT2D eigenvalue weighted by molar-refractivity contribution is -0.120. The molecule has 0 bridgehead atoms. The van der Waals surface area contributed by atoms with Gasteiger partial charge in [-0.1, -0.05) is 17.4 Å². The molecule has 1 aromatic heterocycles. The van der Waals surface area contributed by atoms with E-state index in [2.05, 4.69) is 22.2 Å². The van der Waals surface area contributed by atoms with Crippen molar-refractivity contribution in [1.82, 2.24) is 15.6 Å². The van der Waals surface area contributed by atoms with Crippen molar-refractivity contribution >= 4 is 17.2 Å². The highest BCUT2D eigenvalue weighted by Gasteiger charge is 2.01. The molecule has 1 rings (SSSR count). The molecule has 0 aromatic carbocycles. The number of hydrogen-bond acceptors (Lipinski definition) is 4. The summed E-state index contributed by atoms with van der Waals surface area (Å²) >= 11 is 1.09. The van der Waals surface area contributed by atoms with E-state index in [1.54, 1.807) is 11.5 Å². The van der Waals surface area contributed by atoms with Crippen LogP contribution in [0.25, 0.3) is 0 Å². The van der Waals surface area contributed by atoms with Crippen LogP contribution < -0.4 is 15.5 Å². The number of hydrogen-bond donors (Lipinski definition) is 3. The molecule has 0 radical (unpaired) electrons. The predicted molar refractivity (Wildman–Crippen MR) is 59.9 cm³/mol. The average Bonchev–Trinajstić information content (AvgIpc) is 2.62. The van der Waals surface area contributed by atoms with Crippen LogP contribution in [0, 0.1) is 0 Å². The minimum atomic E-state index is -0.108. The standard InChI is InChI=1S/C9H13N3O2S/c1-2-3-10-5-8(13)11-4-7-6-15-9(14)12-7/h2,6,10H,1,3-5H2,(H,11,13)(H,12,14). The number of amides is 1. The van der Waals surface area contributed by atoms with Crippen LogP contribution >= 0.6 is 11.3 Å². The molecule has 0 aliphatic carbocycles. The van der Waals surface area contributed by atoms with Crippen LogP contribution in [0.4, 0.5) is 0 Å². The van der Waals surface area contributed by atoms with E-state index in [1.807, 2.05) is 0 Å². The first-order valence-electron chi connectivity index (χ1n) is 4.47. The van der Waals surface area contributed by atoms with E-state index >= 15 is 0 Å². The van der Waals surface area contributed by atoms with Gasteiger partial charge < -0.3 is 15.6 Å². The first-order chi connectivity index (χ1) is 7.22.